The third kappa shape index (κ3) is 7.36. The van der Waals surface area contributed by atoms with Crippen molar-refractivity contribution in [2.45, 2.75) is 91.4 Å². The van der Waals surface area contributed by atoms with Crippen LogP contribution in [0.2, 0.25) is 78.6 Å². The van der Waals surface area contributed by atoms with Crippen LogP contribution in [0.1, 0.15) is 12.8 Å². The summed E-state index contributed by atoms with van der Waals surface area (Å²) in [6.07, 6.45) is 7.97. The summed E-state index contributed by atoms with van der Waals surface area (Å²) in [5, 5.41) is 7.64. The Labute approximate surface area is 217 Å². The first-order chi connectivity index (χ1) is 11.9. The average molecular weight is 722 g/mol. The molecule has 29 heavy (non-hydrogen) atoms. The van der Waals surface area contributed by atoms with E-state index in [1.54, 1.807) is 0 Å². The quantitative estimate of drug-likeness (QED) is 0.368. The van der Waals surface area contributed by atoms with Crippen molar-refractivity contribution in [3.05, 3.63) is 35.6 Å². The van der Waals surface area contributed by atoms with Gasteiger partial charge in [0.05, 0.1) is 0 Å². The predicted octanol–water partition coefficient (Wildman–Crippen LogP) is 1.76. The van der Waals surface area contributed by atoms with E-state index in [2.05, 4.69) is 90.7 Å². The second-order valence-electron chi connectivity index (χ2n) is 12.5. The standard InChI is InChI=1S/2C11H21Si2.2ClH.Th/c2*1-12(2,3)10-7-8-11(9-10)13(4,5)6;;;/h2*7H,8H2,1-6H3;2*1H;/q;;;;+2/p-2. The zero-order valence-corrected chi connectivity index (χ0v) is 30.4. The Bertz CT molecular complexity index is 686. The third-order valence-electron chi connectivity index (χ3n) is 5.84. The topological polar surface area (TPSA) is 0 Å². The predicted molar refractivity (Wildman–Crippen MR) is 133 cm³/mol. The SMILES string of the molecule is C[Si](C)(C)C1=CCC([Si](C)(C)C)=[C]1[Th+2][C]1=C([Si](C)(C)C)CC=C1[Si](C)(C)C.[Cl-].[Cl-]. The molecule has 0 nitrogen and oxygen atoms in total. The molecular weight excluding hydrogens is 680 g/mol. The number of hydrogen-bond donors (Lipinski definition) is 0. The van der Waals surface area contributed by atoms with E-state index in [1.165, 1.54) is 12.8 Å². The molecule has 0 aromatic carbocycles. The van der Waals surface area contributed by atoms with E-state index >= 15 is 0 Å². The molecule has 0 unspecified atom stereocenters. The summed E-state index contributed by atoms with van der Waals surface area (Å²) in [4.78, 5) is 0. The van der Waals surface area contributed by atoms with Gasteiger partial charge in [0.2, 0.25) is 0 Å². The Morgan fingerprint density at radius 2 is 0.793 bits per heavy atom. The summed E-state index contributed by atoms with van der Waals surface area (Å²) in [6, 6.07) is 0. The van der Waals surface area contributed by atoms with Gasteiger partial charge in [-0.05, 0) is 0 Å². The molecule has 0 aromatic rings. The molecule has 0 N–H and O–H groups in total. The van der Waals surface area contributed by atoms with Crippen LogP contribution in [0.3, 0.4) is 0 Å². The fourth-order valence-electron chi connectivity index (χ4n) is 4.28. The van der Waals surface area contributed by atoms with E-state index in [1.807, 2.05) is 23.5 Å². The molecule has 0 heterocycles. The van der Waals surface area contributed by atoms with Gasteiger partial charge in [-0.15, -0.1) is 0 Å². The van der Waals surface area contributed by atoms with Gasteiger partial charge >= 0.3 is 195 Å². The van der Waals surface area contributed by atoms with Gasteiger partial charge in [-0.3, -0.25) is 0 Å². The van der Waals surface area contributed by atoms with Crippen LogP contribution in [0.5, 0.6) is 0 Å². The van der Waals surface area contributed by atoms with Crippen LogP contribution < -0.4 is 24.8 Å². The third-order valence-corrected chi connectivity index (χ3v) is 25.4. The zero-order chi connectivity index (χ0) is 21.0. The fourth-order valence-corrected chi connectivity index (χ4v) is 36.8. The minimum Gasteiger partial charge on any atom is -1.00 e. The van der Waals surface area contributed by atoms with Crippen LogP contribution in [0.4, 0.5) is 0 Å². The molecule has 0 amide bonds. The van der Waals surface area contributed by atoms with Crippen LogP contribution in [0.25, 0.3) is 0 Å². The molecule has 2 rings (SSSR count). The average Bonchev–Trinajstić information content (AvgIpc) is 2.99. The van der Waals surface area contributed by atoms with Gasteiger partial charge in [0.1, 0.15) is 0 Å². The maximum absolute atomic E-state index is 2.69. The Morgan fingerprint density at radius 1 is 0.517 bits per heavy atom. The van der Waals surface area contributed by atoms with Crippen LogP contribution in [-0.4, -0.2) is 32.3 Å². The molecule has 2 aliphatic rings. The van der Waals surface area contributed by atoms with Gasteiger partial charge in [-0.25, -0.2) is 0 Å². The van der Waals surface area contributed by atoms with Crippen molar-refractivity contribution in [1.29, 1.82) is 0 Å². The van der Waals surface area contributed by atoms with Crippen molar-refractivity contribution in [2.75, 3.05) is 0 Å². The Kier molecular flexibility index (Phi) is 11.0. The van der Waals surface area contributed by atoms with Gasteiger partial charge in [-0.2, -0.15) is 0 Å². The summed E-state index contributed by atoms with van der Waals surface area (Å²) >= 11 is -1.21. The fraction of sp³-hybridized carbons (Fsp3) is 0.636. The maximum Gasteiger partial charge on any atom is -1.00 e. The van der Waals surface area contributed by atoms with Crippen LogP contribution in [0, 0.1) is 35.9 Å². The molecule has 164 valence electrons. The molecule has 0 saturated heterocycles. The van der Waals surface area contributed by atoms with Crippen molar-refractivity contribution in [1.82, 2.24) is 0 Å². The normalized spacial score (nSPS) is 18.2. The smallest absolute Gasteiger partial charge is 1.00 e. The van der Waals surface area contributed by atoms with E-state index < -0.39 is 68.2 Å². The molecule has 0 aromatic heterocycles. The van der Waals surface area contributed by atoms with Crippen LogP contribution in [-0.2, 0) is 0 Å². The van der Waals surface area contributed by atoms with E-state index in [9.17, 15) is 0 Å². The van der Waals surface area contributed by atoms with E-state index in [0.717, 1.165) is 0 Å². The Hall–Kier alpha value is 1.73. The van der Waals surface area contributed by atoms with Crippen molar-refractivity contribution < 1.29 is 60.7 Å². The minimum atomic E-state index is -1.26. The van der Waals surface area contributed by atoms with Gasteiger partial charge < -0.3 is 24.8 Å². The molecule has 0 radical (unpaired) electrons. The maximum atomic E-state index is 2.69. The van der Waals surface area contributed by atoms with Gasteiger partial charge in [0.25, 0.3) is 0 Å². The van der Waals surface area contributed by atoms with Crippen molar-refractivity contribution in [3.63, 3.8) is 0 Å². The Balaban J connectivity index is 0.00000392. The number of rotatable bonds is 6. The largest absolute Gasteiger partial charge is 1.00 e. The first kappa shape index (κ1) is 30.7. The summed E-state index contributed by atoms with van der Waals surface area (Å²) in [5.74, 6) is 0. The number of hydrogen-bond acceptors (Lipinski definition) is 0. The molecule has 0 fully saturated rings. The summed E-state index contributed by atoms with van der Waals surface area (Å²) in [6.45, 7) is 31.0. The number of halogens is 2. The van der Waals surface area contributed by atoms with Gasteiger partial charge in [0, 0.05) is 0 Å². The minimum absolute atomic E-state index is 0. The molecule has 0 aliphatic heterocycles. The van der Waals surface area contributed by atoms with Crippen molar-refractivity contribution in [3.8, 4) is 0 Å². The summed E-state index contributed by atoms with van der Waals surface area (Å²) in [5.41, 5.74) is 0. The number of allylic oxidation sites excluding steroid dienone is 8. The van der Waals surface area contributed by atoms with E-state index in [4.69, 9.17) is 0 Å². The molecule has 0 spiro atoms. The monoisotopic (exact) mass is 720 g/mol. The van der Waals surface area contributed by atoms with E-state index in [0.29, 0.717) is 0 Å². The first-order valence-electron chi connectivity index (χ1n) is 10.6. The molecular formula is C22H42Cl2Si4Th. The van der Waals surface area contributed by atoms with Gasteiger partial charge in [0.15, 0.2) is 0 Å². The summed E-state index contributed by atoms with van der Waals surface area (Å²) < 4.78 is 4.01. The van der Waals surface area contributed by atoms with Gasteiger partial charge in [-0.1, -0.05) is 0 Å². The first-order valence-corrected chi connectivity index (χ1v) is 28.7. The molecule has 7 heteroatoms. The molecule has 0 atom stereocenters. The summed E-state index contributed by atoms with van der Waals surface area (Å²) in [7, 11) is -4.98. The Morgan fingerprint density at radius 3 is 1.00 bits per heavy atom. The second kappa shape index (κ2) is 10.3. The van der Waals surface area contributed by atoms with Crippen molar-refractivity contribution >= 4 is 32.3 Å². The van der Waals surface area contributed by atoms with Crippen LogP contribution in [0.15, 0.2) is 35.6 Å². The molecule has 0 bridgehead atoms. The molecule has 0 saturated carbocycles. The zero-order valence-electron chi connectivity index (χ0n) is 20.8. The van der Waals surface area contributed by atoms with E-state index in [-0.39, 0.29) is 24.8 Å². The second-order valence-corrected chi connectivity index (χ2v) is 37.9. The molecule has 2 aliphatic carbocycles. The van der Waals surface area contributed by atoms with Crippen molar-refractivity contribution in [2.24, 2.45) is 0 Å². The van der Waals surface area contributed by atoms with Crippen LogP contribution >= 0.6 is 0 Å².